The number of anilines is 1. The molecule has 27 heavy (non-hydrogen) atoms. The van der Waals surface area contributed by atoms with Gasteiger partial charge in [-0.2, -0.15) is 0 Å². The normalized spacial score (nSPS) is 11.1. The number of hydrogen-bond donors (Lipinski definition) is 2. The number of aromatic nitrogens is 1. The van der Waals surface area contributed by atoms with Gasteiger partial charge in [-0.15, -0.1) is 11.3 Å². The molecule has 0 bridgehead atoms. The van der Waals surface area contributed by atoms with Gasteiger partial charge in [0.15, 0.2) is 0 Å². The zero-order chi connectivity index (χ0) is 19.3. The Morgan fingerprint density at radius 1 is 1.15 bits per heavy atom. The van der Waals surface area contributed by atoms with E-state index in [4.69, 9.17) is 4.74 Å². The summed E-state index contributed by atoms with van der Waals surface area (Å²) in [6, 6.07) is 12.8. The largest absolute Gasteiger partial charge is 0.480 e. The molecule has 0 aliphatic heterocycles. The van der Waals surface area contributed by atoms with Gasteiger partial charge in [0.1, 0.15) is 5.69 Å². The molecule has 0 atom stereocenters. The first-order valence-corrected chi connectivity index (χ1v) is 10.3. The molecule has 0 aliphatic rings. The molecular formula is C18H17N3O4S2. The van der Waals surface area contributed by atoms with E-state index in [1.54, 1.807) is 18.3 Å². The summed E-state index contributed by atoms with van der Waals surface area (Å²) >= 11 is 1.47. The number of sulfonamides is 1. The van der Waals surface area contributed by atoms with Crippen LogP contribution in [0.25, 0.3) is 0 Å². The quantitative estimate of drug-likeness (QED) is 0.632. The van der Waals surface area contributed by atoms with Crippen molar-refractivity contribution < 1.29 is 17.9 Å². The summed E-state index contributed by atoms with van der Waals surface area (Å²) in [6.07, 6.45) is 1.55. The fourth-order valence-electron chi connectivity index (χ4n) is 2.29. The average Bonchev–Trinajstić information content (AvgIpc) is 3.21. The van der Waals surface area contributed by atoms with Crippen LogP contribution >= 0.6 is 11.3 Å². The average molecular weight is 403 g/mol. The summed E-state index contributed by atoms with van der Waals surface area (Å²) in [5, 5.41) is 4.57. The lowest BCUT2D eigenvalue weighted by Crippen LogP contribution is -2.23. The molecule has 0 saturated heterocycles. The summed E-state index contributed by atoms with van der Waals surface area (Å²) < 4.78 is 32.3. The van der Waals surface area contributed by atoms with Crippen molar-refractivity contribution in [3.05, 3.63) is 70.5 Å². The van der Waals surface area contributed by atoms with E-state index in [0.717, 1.165) is 4.88 Å². The zero-order valence-corrected chi connectivity index (χ0v) is 16.0. The van der Waals surface area contributed by atoms with Crippen molar-refractivity contribution in [2.24, 2.45) is 0 Å². The predicted molar refractivity (Wildman–Crippen MR) is 104 cm³/mol. The molecule has 140 valence electrons. The maximum absolute atomic E-state index is 12.4. The van der Waals surface area contributed by atoms with Gasteiger partial charge < -0.3 is 10.1 Å². The second kappa shape index (κ2) is 8.30. The molecule has 2 heterocycles. The molecule has 0 radical (unpaired) electrons. The van der Waals surface area contributed by atoms with E-state index in [1.807, 2.05) is 17.5 Å². The molecular weight excluding hydrogens is 386 g/mol. The number of pyridine rings is 1. The van der Waals surface area contributed by atoms with Crippen molar-refractivity contribution in [2.45, 2.75) is 11.4 Å². The molecule has 2 aromatic heterocycles. The van der Waals surface area contributed by atoms with Crippen LogP contribution in [0.4, 0.5) is 5.69 Å². The minimum Gasteiger partial charge on any atom is -0.480 e. The Balaban J connectivity index is 1.69. The highest BCUT2D eigenvalue weighted by Gasteiger charge is 2.16. The maximum atomic E-state index is 12.4. The van der Waals surface area contributed by atoms with Crippen LogP contribution in [0.3, 0.4) is 0 Å². The number of ether oxygens (including phenoxy) is 1. The molecule has 0 aliphatic carbocycles. The first kappa shape index (κ1) is 19.0. The van der Waals surface area contributed by atoms with Crippen LogP contribution in [-0.4, -0.2) is 26.4 Å². The number of nitrogens with zero attached hydrogens (tertiary/aromatic N) is 1. The van der Waals surface area contributed by atoms with Crippen molar-refractivity contribution in [1.29, 1.82) is 0 Å². The van der Waals surface area contributed by atoms with E-state index < -0.39 is 15.9 Å². The number of carbonyl (C=O) groups is 1. The molecule has 9 heteroatoms. The molecule has 2 N–H and O–H groups in total. The van der Waals surface area contributed by atoms with Gasteiger partial charge in [-0.05, 0) is 47.8 Å². The lowest BCUT2D eigenvalue weighted by molar-refractivity contribution is 0.102. The van der Waals surface area contributed by atoms with Gasteiger partial charge in [-0.1, -0.05) is 6.07 Å². The van der Waals surface area contributed by atoms with Crippen molar-refractivity contribution >= 4 is 33.0 Å². The first-order chi connectivity index (χ1) is 13.0. The second-order valence-corrected chi connectivity index (χ2v) is 8.24. The van der Waals surface area contributed by atoms with Crippen LogP contribution < -0.4 is 14.8 Å². The first-order valence-electron chi connectivity index (χ1n) is 7.92. The Hall–Kier alpha value is -2.75. The third-order valence-electron chi connectivity index (χ3n) is 3.66. The number of benzene rings is 1. The zero-order valence-electron chi connectivity index (χ0n) is 14.4. The number of thiophene rings is 1. The highest BCUT2D eigenvalue weighted by molar-refractivity contribution is 7.89. The summed E-state index contributed by atoms with van der Waals surface area (Å²) in [7, 11) is -2.19. The Morgan fingerprint density at radius 3 is 2.59 bits per heavy atom. The number of rotatable bonds is 7. The summed E-state index contributed by atoms with van der Waals surface area (Å²) in [4.78, 5) is 17.4. The van der Waals surface area contributed by atoms with Gasteiger partial charge in [-0.25, -0.2) is 18.1 Å². The van der Waals surface area contributed by atoms with E-state index in [-0.39, 0.29) is 11.4 Å². The van der Waals surface area contributed by atoms with Crippen LogP contribution in [0.15, 0.2) is 65.0 Å². The van der Waals surface area contributed by atoms with Gasteiger partial charge >= 0.3 is 0 Å². The molecule has 3 rings (SSSR count). The highest BCUT2D eigenvalue weighted by Crippen LogP contribution is 2.21. The number of carbonyl (C=O) groups excluding carboxylic acids is 1. The number of nitrogens with one attached hydrogen (secondary N) is 2. The van der Waals surface area contributed by atoms with E-state index in [0.29, 0.717) is 17.1 Å². The smallest absolute Gasteiger partial charge is 0.255 e. The maximum Gasteiger partial charge on any atom is 0.255 e. The molecule has 1 amide bonds. The summed E-state index contributed by atoms with van der Waals surface area (Å²) in [6.45, 7) is 0.225. The van der Waals surface area contributed by atoms with E-state index in [1.165, 1.54) is 42.7 Å². The van der Waals surface area contributed by atoms with Gasteiger partial charge in [0.2, 0.25) is 15.9 Å². The van der Waals surface area contributed by atoms with Gasteiger partial charge in [0.05, 0.1) is 12.0 Å². The van der Waals surface area contributed by atoms with Crippen LogP contribution in [-0.2, 0) is 16.6 Å². The van der Waals surface area contributed by atoms with Crippen LogP contribution in [0.5, 0.6) is 5.88 Å². The monoisotopic (exact) mass is 403 g/mol. The van der Waals surface area contributed by atoms with Crippen LogP contribution in [0, 0.1) is 0 Å². The molecule has 0 saturated carbocycles. The van der Waals surface area contributed by atoms with Crippen molar-refractivity contribution in [3.8, 4) is 5.88 Å². The minimum absolute atomic E-state index is 0.0922. The van der Waals surface area contributed by atoms with Crippen LogP contribution in [0.1, 0.15) is 15.2 Å². The third-order valence-corrected chi connectivity index (χ3v) is 5.95. The predicted octanol–water partition coefficient (Wildman–Crippen LogP) is 2.88. The lowest BCUT2D eigenvalue weighted by atomic mass is 10.2. The Kier molecular flexibility index (Phi) is 5.84. The fraction of sp³-hybridized carbons (Fsp3) is 0.111. The minimum atomic E-state index is -3.65. The SMILES string of the molecule is COc1ncccc1NC(=O)c1ccc(S(=O)(=O)NCc2cccs2)cc1. The molecule has 7 nitrogen and oxygen atoms in total. The number of amides is 1. The Morgan fingerprint density at radius 2 is 1.93 bits per heavy atom. The van der Waals surface area contributed by atoms with E-state index in [9.17, 15) is 13.2 Å². The van der Waals surface area contributed by atoms with Gasteiger partial charge in [0, 0.05) is 23.2 Å². The summed E-state index contributed by atoms with van der Waals surface area (Å²) in [5.41, 5.74) is 0.748. The van der Waals surface area contributed by atoms with Crippen molar-refractivity contribution in [3.63, 3.8) is 0 Å². The second-order valence-electron chi connectivity index (χ2n) is 5.44. The molecule has 0 spiro atoms. The molecule has 0 unspecified atom stereocenters. The van der Waals surface area contributed by atoms with Crippen LogP contribution in [0.2, 0.25) is 0 Å². The van der Waals surface area contributed by atoms with Crippen molar-refractivity contribution in [2.75, 3.05) is 12.4 Å². The van der Waals surface area contributed by atoms with Gasteiger partial charge in [-0.3, -0.25) is 4.79 Å². The Labute approximate surface area is 161 Å². The van der Waals surface area contributed by atoms with Gasteiger partial charge in [0.25, 0.3) is 5.91 Å². The lowest BCUT2D eigenvalue weighted by Gasteiger charge is -2.09. The standard InChI is InChI=1S/C18H17N3O4S2/c1-25-18-16(5-2-10-19-18)21-17(22)13-6-8-15(9-7-13)27(23,24)20-12-14-4-3-11-26-14/h2-11,20H,12H2,1H3,(H,21,22). The molecule has 1 aromatic carbocycles. The number of hydrogen-bond acceptors (Lipinski definition) is 6. The molecule has 0 fully saturated rings. The van der Waals surface area contributed by atoms with Crippen molar-refractivity contribution in [1.82, 2.24) is 9.71 Å². The summed E-state index contributed by atoms with van der Waals surface area (Å²) in [5.74, 6) is -0.0976. The number of methoxy groups -OCH3 is 1. The Bertz CT molecular complexity index is 1020. The topological polar surface area (TPSA) is 97.4 Å². The van der Waals surface area contributed by atoms with E-state index in [2.05, 4.69) is 15.0 Å². The molecule has 3 aromatic rings. The van der Waals surface area contributed by atoms with E-state index >= 15 is 0 Å². The highest BCUT2D eigenvalue weighted by atomic mass is 32.2. The fourth-order valence-corrected chi connectivity index (χ4v) is 4.03. The third kappa shape index (κ3) is 4.70.